The third-order valence-electron chi connectivity index (χ3n) is 5.19. The van der Waals surface area contributed by atoms with Crippen LogP contribution in [0.2, 0.25) is 0 Å². The Morgan fingerprint density at radius 2 is 2.19 bits per heavy atom. The van der Waals surface area contributed by atoms with Gasteiger partial charge in [-0.1, -0.05) is 13.3 Å². The summed E-state index contributed by atoms with van der Waals surface area (Å²) in [7, 11) is 0. The van der Waals surface area contributed by atoms with Crippen LogP contribution in [0, 0.1) is 5.82 Å². The van der Waals surface area contributed by atoms with E-state index in [2.05, 4.69) is 24.1 Å². The monoisotopic (exact) mass is 360 g/mol. The molecule has 2 aromatic rings. The van der Waals surface area contributed by atoms with Crippen molar-refractivity contribution in [2.45, 2.75) is 58.7 Å². The highest BCUT2D eigenvalue weighted by Gasteiger charge is 2.27. The van der Waals surface area contributed by atoms with Gasteiger partial charge in [-0.3, -0.25) is 14.3 Å². The van der Waals surface area contributed by atoms with Crippen LogP contribution < -0.4 is 10.9 Å². The first-order valence-corrected chi connectivity index (χ1v) is 9.72. The lowest BCUT2D eigenvalue weighted by Crippen LogP contribution is -2.40. The van der Waals surface area contributed by atoms with E-state index >= 15 is 0 Å². The molecule has 1 fully saturated rings. The van der Waals surface area contributed by atoms with Crippen molar-refractivity contribution in [1.29, 1.82) is 0 Å². The van der Waals surface area contributed by atoms with Crippen molar-refractivity contribution in [1.82, 2.24) is 19.8 Å². The van der Waals surface area contributed by atoms with Gasteiger partial charge in [-0.15, -0.1) is 0 Å². The standard InChI is InChI=1S/C20H29FN4O/c1-4-7-18(24-11-6-10-22-14(3)13-24)19-23-17-9-8-15(21)12-16(17)20(26)25(19)5-2/h8-9,12,14,18,22H,4-7,10-11,13H2,1-3H3/t14?,18-/m1/s1. The van der Waals surface area contributed by atoms with Crippen LogP contribution in [0.3, 0.4) is 0 Å². The number of aromatic nitrogens is 2. The largest absolute Gasteiger partial charge is 0.313 e. The molecule has 1 aromatic heterocycles. The van der Waals surface area contributed by atoms with Crippen LogP contribution in [-0.2, 0) is 6.54 Å². The Morgan fingerprint density at radius 3 is 2.92 bits per heavy atom. The summed E-state index contributed by atoms with van der Waals surface area (Å²) in [5, 5.41) is 3.88. The summed E-state index contributed by atoms with van der Waals surface area (Å²) < 4.78 is 15.3. The molecule has 1 N–H and O–H groups in total. The van der Waals surface area contributed by atoms with Crippen LogP contribution in [-0.4, -0.2) is 40.1 Å². The minimum atomic E-state index is -0.399. The van der Waals surface area contributed by atoms with Gasteiger partial charge in [0.15, 0.2) is 0 Å². The number of benzene rings is 1. The molecule has 0 amide bonds. The molecule has 0 saturated carbocycles. The molecular formula is C20H29FN4O. The third-order valence-corrected chi connectivity index (χ3v) is 5.19. The van der Waals surface area contributed by atoms with Crippen molar-refractivity contribution in [3.8, 4) is 0 Å². The van der Waals surface area contributed by atoms with E-state index in [-0.39, 0.29) is 11.6 Å². The highest BCUT2D eigenvalue weighted by molar-refractivity contribution is 5.77. The first-order chi connectivity index (χ1) is 12.5. The zero-order valence-electron chi connectivity index (χ0n) is 16.0. The number of rotatable bonds is 5. The van der Waals surface area contributed by atoms with E-state index in [1.165, 1.54) is 12.1 Å². The molecule has 0 aliphatic carbocycles. The van der Waals surface area contributed by atoms with Crippen molar-refractivity contribution in [2.75, 3.05) is 19.6 Å². The van der Waals surface area contributed by atoms with Crippen molar-refractivity contribution in [2.24, 2.45) is 0 Å². The lowest BCUT2D eigenvalue weighted by atomic mass is 10.1. The minimum Gasteiger partial charge on any atom is -0.313 e. The number of nitrogens with one attached hydrogen (secondary N) is 1. The molecule has 142 valence electrons. The minimum absolute atomic E-state index is 0.101. The lowest BCUT2D eigenvalue weighted by molar-refractivity contribution is 0.174. The summed E-state index contributed by atoms with van der Waals surface area (Å²) in [4.78, 5) is 20.3. The Balaban J connectivity index is 2.12. The summed E-state index contributed by atoms with van der Waals surface area (Å²) in [5.41, 5.74) is 0.437. The maximum absolute atomic E-state index is 13.6. The van der Waals surface area contributed by atoms with Gasteiger partial charge in [0.1, 0.15) is 11.6 Å². The molecule has 2 atom stereocenters. The molecule has 0 radical (unpaired) electrons. The second kappa shape index (κ2) is 8.27. The van der Waals surface area contributed by atoms with Crippen molar-refractivity contribution in [3.05, 3.63) is 40.2 Å². The van der Waals surface area contributed by atoms with Gasteiger partial charge < -0.3 is 5.32 Å². The van der Waals surface area contributed by atoms with E-state index in [1.54, 1.807) is 10.6 Å². The summed E-state index contributed by atoms with van der Waals surface area (Å²) in [6, 6.07) is 4.80. The predicted molar refractivity (Wildman–Crippen MR) is 103 cm³/mol. The number of fused-ring (bicyclic) bond motifs is 1. The number of hydrogen-bond acceptors (Lipinski definition) is 4. The zero-order chi connectivity index (χ0) is 18.7. The Bertz CT molecular complexity index is 819. The van der Waals surface area contributed by atoms with Gasteiger partial charge >= 0.3 is 0 Å². The van der Waals surface area contributed by atoms with Crippen LogP contribution >= 0.6 is 0 Å². The maximum Gasteiger partial charge on any atom is 0.261 e. The summed E-state index contributed by atoms with van der Waals surface area (Å²) in [6.07, 6.45) is 3.05. The molecule has 1 aliphatic rings. The van der Waals surface area contributed by atoms with Gasteiger partial charge in [0, 0.05) is 25.7 Å². The fraction of sp³-hybridized carbons (Fsp3) is 0.600. The van der Waals surface area contributed by atoms with Crippen molar-refractivity contribution in [3.63, 3.8) is 0 Å². The second-order valence-electron chi connectivity index (χ2n) is 7.19. The molecule has 2 heterocycles. The fourth-order valence-electron chi connectivity index (χ4n) is 3.94. The molecule has 3 rings (SSSR count). The van der Waals surface area contributed by atoms with Gasteiger partial charge in [0.2, 0.25) is 0 Å². The quantitative estimate of drug-likeness (QED) is 0.890. The van der Waals surface area contributed by atoms with Gasteiger partial charge in [-0.2, -0.15) is 0 Å². The average Bonchev–Trinajstić information content (AvgIpc) is 2.84. The first kappa shape index (κ1) is 19.0. The maximum atomic E-state index is 13.6. The first-order valence-electron chi connectivity index (χ1n) is 9.72. The van der Waals surface area contributed by atoms with E-state index in [0.717, 1.165) is 44.7 Å². The Morgan fingerprint density at radius 1 is 1.38 bits per heavy atom. The summed E-state index contributed by atoms with van der Waals surface area (Å²) >= 11 is 0. The third kappa shape index (κ3) is 3.81. The average molecular weight is 360 g/mol. The molecule has 6 heteroatoms. The molecule has 5 nitrogen and oxygen atoms in total. The van der Waals surface area contributed by atoms with E-state index in [0.29, 0.717) is 23.5 Å². The van der Waals surface area contributed by atoms with Gasteiger partial charge in [0.05, 0.1) is 16.9 Å². The summed E-state index contributed by atoms with van der Waals surface area (Å²) in [5.74, 6) is 0.414. The predicted octanol–water partition coefficient (Wildman–Crippen LogP) is 3.08. The molecule has 1 unspecified atom stereocenters. The van der Waals surface area contributed by atoms with Crippen LogP contribution in [0.15, 0.2) is 23.0 Å². The van der Waals surface area contributed by atoms with E-state index in [4.69, 9.17) is 4.98 Å². The molecule has 0 spiro atoms. The number of hydrogen-bond donors (Lipinski definition) is 1. The molecule has 1 aliphatic heterocycles. The van der Waals surface area contributed by atoms with Crippen molar-refractivity contribution >= 4 is 10.9 Å². The highest BCUT2D eigenvalue weighted by Crippen LogP contribution is 2.26. The number of nitrogens with zero attached hydrogens (tertiary/aromatic N) is 3. The normalized spacial score (nSPS) is 20.2. The SMILES string of the molecule is CCC[C@H](c1nc2ccc(F)cc2c(=O)n1CC)N1CCCNC(C)C1. The van der Waals surface area contributed by atoms with Crippen molar-refractivity contribution < 1.29 is 4.39 Å². The van der Waals surface area contributed by atoms with Crippen LogP contribution in [0.1, 0.15) is 51.9 Å². The van der Waals surface area contributed by atoms with Gasteiger partial charge in [0.25, 0.3) is 5.56 Å². The van der Waals surface area contributed by atoms with Crippen LogP contribution in [0.5, 0.6) is 0 Å². The van der Waals surface area contributed by atoms with Gasteiger partial charge in [-0.25, -0.2) is 9.37 Å². The molecule has 26 heavy (non-hydrogen) atoms. The van der Waals surface area contributed by atoms with E-state index in [1.807, 2.05) is 6.92 Å². The number of halogens is 1. The Labute approximate surface area is 154 Å². The molecule has 1 aromatic carbocycles. The zero-order valence-corrected chi connectivity index (χ0v) is 16.0. The molecule has 0 bridgehead atoms. The highest BCUT2D eigenvalue weighted by atomic mass is 19.1. The smallest absolute Gasteiger partial charge is 0.261 e. The second-order valence-corrected chi connectivity index (χ2v) is 7.19. The Hall–Kier alpha value is -1.79. The summed E-state index contributed by atoms with van der Waals surface area (Å²) in [6.45, 7) is 9.79. The van der Waals surface area contributed by atoms with Gasteiger partial charge in [-0.05, 0) is 51.4 Å². The Kier molecular flexibility index (Phi) is 6.04. The van der Waals surface area contributed by atoms with E-state index in [9.17, 15) is 9.18 Å². The fourth-order valence-corrected chi connectivity index (χ4v) is 3.94. The van der Waals surface area contributed by atoms with Crippen LogP contribution in [0.25, 0.3) is 10.9 Å². The molecular weight excluding hydrogens is 331 g/mol. The van der Waals surface area contributed by atoms with Crippen LogP contribution in [0.4, 0.5) is 4.39 Å². The topological polar surface area (TPSA) is 50.2 Å². The molecule has 1 saturated heterocycles. The lowest BCUT2D eigenvalue weighted by Gasteiger charge is -2.32. The van der Waals surface area contributed by atoms with E-state index < -0.39 is 5.82 Å².